The lowest BCUT2D eigenvalue weighted by molar-refractivity contribution is 0.0773. The molecule has 2 heterocycles. The SMILES string of the molecule is CCN(CC)C(=O)c1ccc(NC(=O)c2cnn3c2[nH]c(=O)c2ccccc23)cc1. The summed E-state index contributed by atoms with van der Waals surface area (Å²) in [7, 11) is 0. The second-order valence-electron chi connectivity index (χ2n) is 6.80. The lowest BCUT2D eigenvalue weighted by atomic mass is 10.1. The number of para-hydroxylation sites is 1. The minimum Gasteiger partial charge on any atom is -0.339 e. The van der Waals surface area contributed by atoms with Gasteiger partial charge in [-0.1, -0.05) is 12.1 Å². The van der Waals surface area contributed by atoms with Gasteiger partial charge < -0.3 is 15.2 Å². The molecule has 0 unspecified atom stereocenters. The van der Waals surface area contributed by atoms with Gasteiger partial charge in [-0.3, -0.25) is 14.4 Å². The van der Waals surface area contributed by atoms with Gasteiger partial charge in [-0.2, -0.15) is 5.10 Å². The largest absolute Gasteiger partial charge is 0.339 e. The highest BCUT2D eigenvalue weighted by Gasteiger charge is 2.17. The van der Waals surface area contributed by atoms with Crippen molar-refractivity contribution in [1.82, 2.24) is 19.5 Å². The van der Waals surface area contributed by atoms with E-state index in [1.807, 2.05) is 19.9 Å². The van der Waals surface area contributed by atoms with Crippen molar-refractivity contribution in [2.24, 2.45) is 0 Å². The maximum atomic E-state index is 12.8. The predicted molar refractivity (Wildman–Crippen MR) is 115 cm³/mol. The van der Waals surface area contributed by atoms with E-state index in [-0.39, 0.29) is 17.0 Å². The average Bonchev–Trinajstić information content (AvgIpc) is 3.19. The summed E-state index contributed by atoms with van der Waals surface area (Å²) in [5.74, 6) is -0.455. The Hall–Kier alpha value is -3.94. The van der Waals surface area contributed by atoms with Crippen molar-refractivity contribution in [2.75, 3.05) is 18.4 Å². The number of aromatic nitrogens is 3. The van der Waals surface area contributed by atoms with Crippen LogP contribution >= 0.6 is 0 Å². The fraction of sp³-hybridized carbons (Fsp3) is 0.182. The molecule has 2 amide bonds. The van der Waals surface area contributed by atoms with Gasteiger partial charge in [0.1, 0.15) is 11.2 Å². The van der Waals surface area contributed by atoms with Crippen molar-refractivity contribution in [3.05, 3.63) is 76.2 Å². The predicted octanol–water partition coefficient (Wildman–Crippen LogP) is 2.91. The molecule has 0 aliphatic heterocycles. The Morgan fingerprint density at radius 3 is 2.47 bits per heavy atom. The standard InChI is InChI=1S/C22H21N5O3/c1-3-26(4-2)22(30)14-9-11-15(12-10-14)24-21(29)17-13-23-27-18-8-6-5-7-16(18)20(28)25-19(17)27/h5-13H,3-4H2,1-2H3,(H,24,29)(H,25,28). The average molecular weight is 403 g/mol. The summed E-state index contributed by atoms with van der Waals surface area (Å²) in [6, 6.07) is 13.8. The van der Waals surface area contributed by atoms with Gasteiger partial charge in [0, 0.05) is 24.3 Å². The number of nitrogens with zero attached hydrogens (tertiary/aromatic N) is 3. The minimum atomic E-state index is -0.404. The second kappa shape index (κ2) is 7.82. The number of H-pyrrole nitrogens is 1. The number of rotatable bonds is 5. The summed E-state index contributed by atoms with van der Waals surface area (Å²) in [5.41, 5.74) is 2.01. The fourth-order valence-corrected chi connectivity index (χ4v) is 3.43. The Kier molecular flexibility index (Phi) is 5.05. The molecule has 152 valence electrons. The van der Waals surface area contributed by atoms with Crippen molar-refractivity contribution >= 4 is 34.1 Å². The highest BCUT2D eigenvalue weighted by atomic mass is 16.2. The first-order valence-electron chi connectivity index (χ1n) is 9.73. The van der Waals surface area contributed by atoms with Gasteiger partial charge in [0.2, 0.25) is 0 Å². The smallest absolute Gasteiger partial charge is 0.261 e. The monoisotopic (exact) mass is 403 g/mol. The Morgan fingerprint density at radius 2 is 1.77 bits per heavy atom. The van der Waals surface area contributed by atoms with Gasteiger partial charge in [0.15, 0.2) is 0 Å². The van der Waals surface area contributed by atoms with Crippen molar-refractivity contribution in [3.63, 3.8) is 0 Å². The van der Waals surface area contributed by atoms with Gasteiger partial charge in [0.05, 0.1) is 17.1 Å². The summed E-state index contributed by atoms with van der Waals surface area (Å²) in [4.78, 5) is 42.0. The Bertz CT molecular complexity index is 1300. The molecule has 0 saturated carbocycles. The van der Waals surface area contributed by atoms with Crippen LogP contribution < -0.4 is 10.9 Å². The first-order chi connectivity index (χ1) is 14.5. The van der Waals surface area contributed by atoms with Crippen LogP contribution in [-0.2, 0) is 0 Å². The molecule has 0 fully saturated rings. The van der Waals surface area contributed by atoms with E-state index in [1.54, 1.807) is 47.4 Å². The Balaban J connectivity index is 1.61. The molecule has 0 saturated heterocycles. The molecule has 0 aliphatic rings. The van der Waals surface area contributed by atoms with Crippen LogP contribution in [0.4, 0.5) is 5.69 Å². The normalized spacial score (nSPS) is 11.0. The van der Waals surface area contributed by atoms with Crippen LogP contribution in [0.3, 0.4) is 0 Å². The molecule has 2 aromatic carbocycles. The Labute approximate surface area is 172 Å². The van der Waals surface area contributed by atoms with Gasteiger partial charge in [-0.05, 0) is 50.2 Å². The maximum absolute atomic E-state index is 12.8. The molecule has 4 rings (SSSR count). The van der Waals surface area contributed by atoms with Crippen LogP contribution in [0.2, 0.25) is 0 Å². The first kappa shape index (κ1) is 19.4. The number of hydrogen-bond acceptors (Lipinski definition) is 4. The molecule has 2 N–H and O–H groups in total. The van der Waals surface area contributed by atoms with E-state index in [4.69, 9.17) is 0 Å². The topological polar surface area (TPSA) is 99.6 Å². The number of amides is 2. The fourth-order valence-electron chi connectivity index (χ4n) is 3.43. The maximum Gasteiger partial charge on any atom is 0.261 e. The van der Waals surface area contributed by atoms with E-state index in [9.17, 15) is 14.4 Å². The molecule has 8 nitrogen and oxygen atoms in total. The summed E-state index contributed by atoms with van der Waals surface area (Å²) >= 11 is 0. The van der Waals surface area contributed by atoms with E-state index < -0.39 is 5.91 Å². The summed E-state index contributed by atoms with van der Waals surface area (Å²) in [5, 5.41) is 7.54. The van der Waals surface area contributed by atoms with Crippen molar-refractivity contribution in [2.45, 2.75) is 13.8 Å². The van der Waals surface area contributed by atoms with E-state index >= 15 is 0 Å². The van der Waals surface area contributed by atoms with Crippen molar-refractivity contribution < 1.29 is 9.59 Å². The Morgan fingerprint density at radius 1 is 1.07 bits per heavy atom. The third-order valence-corrected chi connectivity index (χ3v) is 5.06. The van der Waals surface area contributed by atoms with Crippen molar-refractivity contribution in [3.8, 4) is 0 Å². The number of carbonyl (C=O) groups is 2. The van der Waals surface area contributed by atoms with Crippen LogP contribution in [0.15, 0.2) is 59.5 Å². The molecule has 0 bridgehead atoms. The van der Waals surface area contributed by atoms with E-state index in [1.165, 1.54) is 10.7 Å². The number of fused-ring (bicyclic) bond motifs is 3. The molecule has 8 heteroatoms. The summed E-state index contributed by atoms with van der Waals surface area (Å²) in [6.07, 6.45) is 1.42. The lowest BCUT2D eigenvalue weighted by Gasteiger charge is -2.18. The van der Waals surface area contributed by atoms with Crippen LogP contribution in [0.1, 0.15) is 34.6 Å². The molecule has 0 radical (unpaired) electrons. The number of aromatic amines is 1. The molecule has 4 aromatic rings. The second-order valence-corrected chi connectivity index (χ2v) is 6.80. The zero-order valence-corrected chi connectivity index (χ0v) is 16.7. The van der Waals surface area contributed by atoms with E-state index in [2.05, 4.69) is 15.4 Å². The first-order valence-corrected chi connectivity index (χ1v) is 9.73. The molecule has 0 atom stereocenters. The molecular weight excluding hydrogens is 382 g/mol. The number of anilines is 1. The highest BCUT2D eigenvalue weighted by molar-refractivity contribution is 6.08. The van der Waals surface area contributed by atoms with E-state index in [0.29, 0.717) is 40.9 Å². The zero-order valence-electron chi connectivity index (χ0n) is 16.7. The van der Waals surface area contributed by atoms with Crippen LogP contribution in [0, 0.1) is 0 Å². The molecule has 2 aromatic heterocycles. The van der Waals surface area contributed by atoms with Gasteiger partial charge >= 0.3 is 0 Å². The molecule has 0 aliphatic carbocycles. The van der Waals surface area contributed by atoms with E-state index in [0.717, 1.165) is 0 Å². The summed E-state index contributed by atoms with van der Waals surface area (Å²) in [6.45, 7) is 5.13. The minimum absolute atomic E-state index is 0.0510. The van der Waals surface area contributed by atoms with Crippen LogP contribution in [0.25, 0.3) is 16.6 Å². The number of nitrogens with one attached hydrogen (secondary N) is 2. The quantitative estimate of drug-likeness (QED) is 0.535. The van der Waals surface area contributed by atoms with Gasteiger partial charge in [0.25, 0.3) is 17.4 Å². The number of carbonyl (C=O) groups excluding carboxylic acids is 2. The zero-order chi connectivity index (χ0) is 21.3. The highest BCUT2D eigenvalue weighted by Crippen LogP contribution is 2.17. The molecule has 0 spiro atoms. The lowest BCUT2D eigenvalue weighted by Crippen LogP contribution is -2.30. The molecular formula is C22H21N5O3. The van der Waals surface area contributed by atoms with Crippen LogP contribution in [-0.4, -0.2) is 44.4 Å². The third kappa shape index (κ3) is 3.32. The number of benzene rings is 2. The van der Waals surface area contributed by atoms with Gasteiger partial charge in [-0.15, -0.1) is 0 Å². The van der Waals surface area contributed by atoms with Crippen LogP contribution in [0.5, 0.6) is 0 Å². The number of hydrogen-bond donors (Lipinski definition) is 2. The van der Waals surface area contributed by atoms with Crippen molar-refractivity contribution in [1.29, 1.82) is 0 Å². The summed E-state index contributed by atoms with van der Waals surface area (Å²) < 4.78 is 1.54. The molecule has 30 heavy (non-hydrogen) atoms. The third-order valence-electron chi connectivity index (χ3n) is 5.06. The van der Waals surface area contributed by atoms with Gasteiger partial charge in [-0.25, -0.2) is 4.52 Å².